The van der Waals surface area contributed by atoms with E-state index in [1.165, 1.54) is 11.1 Å². The van der Waals surface area contributed by atoms with Crippen LogP contribution in [0.1, 0.15) is 32.6 Å². The predicted octanol–water partition coefficient (Wildman–Crippen LogP) is 1.45. The molecule has 0 saturated carbocycles. The first-order chi connectivity index (χ1) is 6.96. The maximum Gasteiger partial charge on any atom is 0.256 e. The van der Waals surface area contributed by atoms with Gasteiger partial charge in [-0.05, 0) is 26.0 Å². The maximum absolute atomic E-state index is 11.9. The summed E-state index contributed by atoms with van der Waals surface area (Å²) in [6.45, 7) is 1.80. The van der Waals surface area contributed by atoms with Crippen LogP contribution in [0.2, 0.25) is 0 Å². The molecule has 1 aromatic rings. The molecule has 1 aliphatic rings. The van der Waals surface area contributed by atoms with Gasteiger partial charge in [0, 0.05) is 12.2 Å². The average molecular weight is 178 g/mol. The fraction of sp³-hybridized carbons (Fsp3) is 0.400. The maximum atomic E-state index is 11.9. The van der Waals surface area contributed by atoms with Crippen molar-refractivity contribution < 1.29 is 7.54 Å². The van der Waals surface area contributed by atoms with Crippen LogP contribution in [-0.2, 0) is 6.50 Å². The summed E-state index contributed by atoms with van der Waals surface area (Å²) in [6.07, 6.45) is 1.51. The Morgan fingerprint density at radius 2 is 2.46 bits per heavy atom. The molecule has 1 aromatic heterocycles. The van der Waals surface area contributed by atoms with Crippen LogP contribution in [0, 0.1) is 0 Å². The highest BCUT2D eigenvalue weighted by Crippen LogP contribution is 2.21. The number of rotatable bonds is 1. The number of pyridine rings is 1. The molecule has 1 amide bonds. The Labute approximate surface area is 80.2 Å². The van der Waals surface area contributed by atoms with Gasteiger partial charge in [-0.3, -0.25) is 9.78 Å². The number of amides is 1. The second kappa shape index (κ2) is 2.83. The van der Waals surface area contributed by atoms with Gasteiger partial charge in [-0.2, -0.15) is 0 Å². The van der Waals surface area contributed by atoms with Crippen LogP contribution >= 0.6 is 0 Å². The van der Waals surface area contributed by atoms with Crippen molar-refractivity contribution in [1.29, 1.82) is 0 Å². The minimum atomic E-state index is -1.79. The van der Waals surface area contributed by atoms with Gasteiger partial charge in [-0.25, -0.2) is 0 Å². The fourth-order valence-electron chi connectivity index (χ4n) is 1.33. The number of fused-ring (bicyclic) bond motifs is 1. The molecule has 0 radical (unpaired) electrons. The summed E-state index contributed by atoms with van der Waals surface area (Å²) in [4.78, 5) is 17.1. The van der Waals surface area contributed by atoms with E-state index in [1.54, 1.807) is 26.0 Å². The minimum absolute atomic E-state index is 0.179. The molecule has 0 N–H and O–H groups in total. The van der Waals surface area contributed by atoms with Gasteiger partial charge in [-0.1, -0.05) is 0 Å². The van der Waals surface area contributed by atoms with Crippen molar-refractivity contribution in [2.24, 2.45) is 0 Å². The second-order valence-electron chi connectivity index (χ2n) is 3.28. The summed E-state index contributed by atoms with van der Waals surface area (Å²) in [6, 6.07) is 3.09. The van der Waals surface area contributed by atoms with Gasteiger partial charge in [0.15, 0.2) is 0 Å². The van der Waals surface area contributed by atoms with E-state index in [4.69, 9.17) is 2.74 Å². The topological polar surface area (TPSA) is 33.2 Å². The van der Waals surface area contributed by atoms with E-state index in [9.17, 15) is 4.79 Å². The summed E-state index contributed by atoms with van der Waals surface area (Å²) in [5, 5.41) is 0. The van der Waals surface area contributed by atoms with Crippen molar-refractivity contribution in [3.8, 4) is 0 Å². The third-order valence-electron chi connectivity index (χ3n) is 2.00. The molecule has 13 heavy (non-hydrogen) atoms. The molecule has 0 saturated heterocycles. The molecule has 0 fully saturated rings. The van der Waals surface area contributed by atoms with E-state index in [-0.39, 0.29) is 17.6 Å². The van der Waals surface area contributed by atoms with Crippen LogP contribution in [0.15, 0.2) is 18.3 Å². The summed E-state index contributed by atoms with van der Waals surface area (Å²) >= 11 is 0. The first-order valence-corrected chi connectivity index (χ1v) is 4.25. The first-order valence-electron chi connectivity index (χ1n) is 5.25. The van der Waals surface area contributed by atoms with Crippen molar-refractivity contribution in [3.63, 3.8) is 0 Å². The molecular weight excluding hydrogens is 164 g/mol. The average Bonchev–Trinajstić information content (AvgIpc) is 2.36. The number of nitrogens with zero attached hydrogens (tertiary/aromatic N) is 2. The van der Waals surface area contributed by atoms with Crippen LogP contribution in [-0.4, -0.2) is 21.8 Å². The first kappa shape index (κ1) is 6.13. The lowest BCUT2D eigenvalue weighted by molar-refractivity contribution is 0.0730. The normalized spacial score (nSPS) is 21.5. The molecule has 3 nitrogen and oxygen atoms in total. The van der Waals surface area contributed by atoms with Gasteiger partial charge in [-0.15, -0.1) is 0 Å². The summed E-state index contributed by atoms with van der Waals surface area (Å²) in [5.74, 6) is -0.280. The molecule has 0 aromatic carbocycles. The van der Waals surface area contributed by atoms with Crippen molar-refractivity contribution >= 4 is 5.91 Å². The summed E-state index contributed by atoms with van der Waals surface area (Å²) in [7, 11) is 0. The number of carbonyl (C=O) groups is 1. The summed E-state index contributed by atoms with van der Waals surface area (Å²) < 4.78 is 15.8. The van der Waals surface area contributed by atoms with E-state index in [0.717, 1.165) is 0 Å². The van der Waals surface area contributed by atoms with Crippen molar-refractivity contribution in [3.05, 3.63) is 29.6 Å². The van der Waals surface area contributed by atoms with Gasteiger partial charge in [0.05, 0.1) is 20.5 Å². The van der Waals surface area contributed by atoms with Crippen LogP contribution in [0.3, 0.4) is 0 Å². The number of aromatic nitrogens is 1. The molecule has 3 heteroatoms. The molecular formula is C10H12N2O. The zero-order valence-corrected chi connectivity index (χ0v) is 7.61. The molecule has 2 rings (SSSR count). The highest BCUT2D eigenvalue weighted by molar-refractivity contribution is 5.97. The summed E-state index contributed by atoms with van der Waals surface area (Å²) in [5.41, 5.74) is 0.597. The largest absolute Gasteiger partial charge is 0.330 e. The monoisotopic (exact) mass is 178 g/mol. The molecule has 0 aliphatic carbocycles. The Balaban J connectivity index is 2.60. The van der Waals surface area contributed by atoms with Crippen LogP contribution in [0.4, 0.5) is 0 Å². The Morgan fingerprint density at radius 3 is 3.08 bits per heavy atom. The van der Waals surface area contributed by atoms with Gasteiger partial charge < -0.3 is 4.90 Å². The molecule has 68 valence electrons. The minimum Gasteiger partial charge on any atom is -0.330 e. The standard InChI is InChI=1S/C10H12N2O/c1-7(2)12-6-9-8(10(12)13)4-3-5-11-9/h3-5,7H,6H2,1-2H3/i6D2. The van der Waals surface area contributed by atoms with Crippen LogP contribution in [0.25, 0.3) is 0 Å². The van der Waals surface area contributed by atoms with Gasteiger partial charge in [0.1, 0.15) is 0 Å². The second-order valence-corrected chi connectivity index (χ2v) is 3.28. The lowest BCUT2D eigenvalue weighted by Crippen LogP contribution is -2.30. The van der Waals surface area contributed by atoms with E-state index >= 15 is 0 Å². The van der Waals surface area contributed by atoms with E-state index in [0.29, 0.717) is 5.56 Å². The molecule has 0 bridgehead atoms. The third kappa shape index (κ3) is 1.20. The Hall–Kier alpha value is -1.38. The Bertz CT molecular complexity index is 418. The van der Waals surface area contributed by atoms with Crippen LogP contribution in [0.5, 0.6) is 0 Å². The van der Waals surface area contributed by atoms with Crippen molar-refractivity contribution in [1.82, 2.24) is 9.88 Å². The van der Waals surface area contributed by atoms with Gasteiger partial charge >= 0.3 is 0 Å². The van der Waals surface area contributed by atoms with E-state index in [1.807, 2.05) is 0 Å². The lowest BCUT2D eigenvalue weighted by atomic mass is 10.2. The quantitative estimate of drug-likeness (QED) is 0.652. The molecule has 0 atom stereocenters. The Morgan fingerprint density at radius 1 is 1.69 bits per heavy atom. The fourth-order valence-corrected chi connectivity index (χ4v) is 1.33. The SMILES string of the molecule is [2H]C1([2H])c2ncccc2C(=O)N1C(C)C. The zero-order valence-electron chi connectivity index (χ0n) is 9.61. The smallest absolute Gasteiger partial charge is 0.256 e. The highest BCUT2D eigenvalue weighted by atomic mass is 16.2. The van der Waals surface area contributed by atoms with Crippen LogP contribution < -0.4 is 0 Å². The number of carbonyl (C=O) groups excluding carboxylic acids is 1. The molecule has 1 aliphatic heterocycles. The molecule has 2 heterocycles. The third-order valence-corrected chi connectivity index (χ3v) is 2.00. The van der Waals surface area contributed by atoms with Crippen molar-refractivity contribution in [2.45, 2.75) is 26.4 Å². The van der Waals surface area contributed by atoms with Crippen molar-refractivity contribution in [2.75, 3.05) is 0 Å². The zero-order chi connectivity index (χ0) is 11.2. The Kier molecular flexibility index (Phi) is 1.34. The highest BCUT2D eigenvalue weighted by Gasteiger charge is 2.29. The molecule has 0 spiro atoms. The van der Waals surface area contributed by atoms with E-state index in [2.05, 4.69) is 4.98 Å². The lowest BCUT2D eigenvalue weighted by Gasteiger charge is -2.19. The predicted molar refractivity (Wildman–Crippen MR) is 49.2 cm³/mol. The van der Waals surface area contributed by atoms with E-state index < -0.39 is 6.50 Å². The molecule has 0 unspecified atom stereocenters. The number of hydrogen-bond acceptors (Lipinski definition) is 2. The number of hydrogen-bond donors (Lipinski definition) is 0. The van der Waals surface area contributed by atoms with Gasteiger partial charge in [0.25, 0.3) is 5.91 Å². The van der Waals surface area contributed by atoms with Gasteiger partial charge in [0.2, 0.25) is 0 Å².